The molecule has 0 aliphatic heterocycles. The van der Waals surface area contributed by atoms with E-state index in [2.05, 4.69) is 22.4 Å². The lowest BCUT2D eigenvalue weighted by molar-refractivity contribution is -0.116. The monoisotopic (exact) mass is 241 g/mol. The number of carbonyl (C=O) groups is 1. The van der Waals surface area contributed by atoms with Crippen molar-refractivity contribution in [1.82, 2.24) is 15.5 Å². The van der Waals surface area contributed by atoms with Crippen LogP contribution in [0.3, 0.4) is 0 Å². The summed E-state index contributed by atoms with van der Waals surface area (Å²) < 4.78 is 5.42. The normalized spacial score (nSPS) is 10.5. The number of rotatable bonds is 8. The summed E-state index contributed by atoms with van der Waals surface area (Å²) in [6.45, 7) is 6.08. The minimum Gasteiger partial charge on any atom is -0.407 e. The van der Waals surface area contributed by atoms with Crippen LogP contribution in [0.2, 0.25) is 0 Å². The maximum atomic E-state index is 10.8. The lowest BCUT2D eigenvalue weighted by Gasteiger charge is -2.14. The van der Waals surface area contributed by atoms with E-state index in [0.717, 1.165) is 13.0 Å². The van der Waals surface area contributed by atoms with Gasteiger partial charge in [-0.1, -0.05) is 12.0 Å². The van der Waals surface area contributed by atoms with Crippen LogP contribution in [-0.2, 0) is 11.3 Å². The van der Waals surface area contributed by atoms with E-state index in [1.54, 1.807) is 4.90 Å². The molecule has 3 N–H and O–H groups in total. The Balaban J connectivity index is 2.55. The van der Waals surface area contributed by atoms with Crippen molar-refractivity contribution in [2.75, 3.05) is 24.5 Å². The van der Waals surface area contributed by atoms with Gasteiger partial charge in [-0.2, -0.15) is 0 Å². The number of hydrogen-bond donors (Lipinski definition) is 2. The van der Waals surface area contributed by atoms with E-state index in [0.29, 0.717) is 25.0 Å². The van der Waals surface area contributed by atoms with Crippen molar-refractivity contribution in [3.05, 3.63) is 5.89 Å². The first-order chi connectivity index (χ1) is 8.17. The number of hydrogen-bond acceptors (Lipinski definition) is 6. The van der Waals surface area contributed by atoms with Gasteiger partial charge in [0.25, 0.3) is 0 Å². The van der Waals surface area contributed by atoms with Gasteiger partial charge in [0.15, 0.2) is 0 Å². The van der Waals surface area contributed by atoms with Crippen LogP contribution < -0.4 is 16.0 Å². The molecule has 1 amide bonds. The molecule has 1 heterocycles. The molecule has 1 rings (SSSR count). The molecular weight excluding hydrogens is 222 g/mol. The zero-order chi connectivity index (χ0) is 12.7. The minimum atomic E-state index is -0.421. The molecule has 96 valence electrons. The summed E-state index contributed by atoms with van der Waals surface area (Å²) in [5.74, 6) is 0.0899. The van der Waals surface area contributed by atoms with Crippen molar-refractivity contribution in [2.24, 2.45) is 5.73 Å². The van der Waals surface area contributed by atoms with Gasteiger partial charge in [-0.15, -0.1) is 5.10 Å². The Hall–Kier alpha value is -1.63. The predicted molar refractivity (Wildman–Crippen MR) is 63.4 cm³/mol. The van der Waals surface area contributed by atoms with Gasteiger partial charge in [-0.3, -0.25) is 4.79 Å². The maximum Gasteiger partial charge on any atom is 0.318 e. The van der Waals surface area contributed by atoms with Crippen LogP contribution in [-0.4, -0.2) is 35.7 Å². The molecule has 0 atom stereocenters. The number of primary amides is 1. The lowest BCUT2D eigenvalue weighted by Crippen LogP contribution is -2.33. The summed E-state index contributed by atoms with van der Waals surface area (Å²) in [6, 6.07) is 0.333. The number of amides is 1. The van der Waals surface area contributed by atoms with Crippen LogP contribution >= 0.6 is 0 Å². The van der Waals surface area contributed by atoms with Gasteiger partial charge < -0.3 is 20.4 Å². The fraction of sp³-hybridized carbons (Fsp3) is 0.700. The van der Waals surface area contributed by atoms with Gasteiger partial charge in [0.2, 0.25) is 11.8 Å². The topological polar surface area (TPSA) is 97.3 Å². The fourth-order valence-electron chi connectivity index (χ4n) is 1.32. The van der Waals surface area contributed by atoms with E-state index in [1.165, 1.54) is 0 Å². The van der Waals surface area contributed by atoms with Gasteiger partial charge in [-0.05, 0) is 19.9 Å². The van der Waals surface area contributed by atoms with Crippen molar-refractivity contribution in [2.45, 2.75) is 26.8 Å². The van der Waals surface area contributed by atoms with Crippen molar-refractivity contribution in [1.29, 1.82) is 0 Å². The third-order valence-corrected chi connectivity index (χ3v) is 2.16. The highest BCUT2D eigenvalue weighted by molar-refractivity contribution is 5.78. The van der Waals surface area contributed by atoms with E-state index >= 15 is 0 Å². The molecule has 0 bridgehead atoms. The molecule has 0 aliphatic rings. The number of anilines is 1. The molecule has 0 aliphatic carbocycles. The number of nitrogens with one attached hydrogen (secondary N) is 1. The van der Waals surface area contributed by atoms with Crippen LogP contribution in [0, 0.1) is 0 Å². The minimum absolute atomic E-state index is 0.0839. The number of nitrogens with two attached hydrogens (primary N) is 1. The molecule has 0 fully saturated rings. The van der Waals surface area contributed by atoms with E-state index in [1.807, 2.05) is 6.92 Å². The Morgan fingerprint density at radius 2 is 2.24 bits per heavy atom. The van der Waals surface area contributed by atoms with Crippen molar-refractivity contribution in [3.63, 3.8) is 0 Å². The Bertz CT molecular complexity index is 352. The van der Waals surface area contributed by atoms with Gasteiger partial charge in [-0.25, -0.2) is 0 Å². The van der Waals surface area contributed by atoms with Crippen LogP contribution in [0.5, 0.6) is 0 Å². The Morgan fingerprint density at radius 3 is 2.82 bits per heavy atom. The van der Waals surface area contributed by atoms with E-state index in [4.69, 9.17) is 10.2 Å². The first kappa shape index (κ1) is 13.4. The molecule has 7 heteroatoms. The Labute approximate surface area is 100 Å². The average Bonchev–Trinajstić information content (AvgIpc) is 2.74. The number of nitrogens with zero attached hydrogens (tertiary/aromatic N) is 3. The second-order valence-corrected chi connectivity index (χ2v) is 3.64. The zero-order valence-electron chi connectivity index (χ0n) is 10.3. The molecule has 0 radical (unpaired) electrons. The molecule has 0 spiro atoms. The van der Waals surface area contributed by atoms with Crippen molar-refractivity contribution < 1.29 is 9.21 Å². The molecule has 7 nitrogen and oxygen atoms in total. The molecule has 17 heavy (non-hydrogen) atoms. The van der Waals surface area contributed by atoms with Crippen LogP contribution in [0.15, 0.2) is 4.42 Å². The van der Waals surface area contributed by atoms with Gasteiger partial charge >= 0.3 is 6.01 Å². The Morgan fingerprint density at radius 1 is 1.47 bits per heavy atom. The number of carbonyl (C=O) groups excluding carboxylic acids is 1. The zero-order valence-corrected chi connectivity index (χ0v) is 10.3. The number of aromatic nitrogens is 2. The third-order valence-electron chi connectivity index (χ3n) is 2.16. The summed E-state index contributed by atoms with van der Waals surface area (Å²) in [5.41, 5.74) is 5.13. The van der Waals surface area contributed by atoms with Crippen molar-refractivity contribution >= 4 is 11.9 Å². The standard InChI is InChI=1S/C10H19N5O2/c1-3-5-12-6-9-13-14-10(17-9)15(4-2)7-8(11)16/h12H,3-7H2,1-2H3,(H2,11,16). The molecular formula is C10H19N5O2. The second kappa shape index (κ2) is 6.85. The second-order valence-electron chi connectivity index (χ2n) is 3.64. The molecule has 0 saturated carbocycles. The highest BCUT2D eigenvalue weighted by Gasteiger charge is 2.14. The van der Waals surface area contributed by atoms with Crippen LogP contribution in [0.4, 0.5) is 6.01 Å². The van der Waals surface area contributed by atoms with E-state index in [-0.39, 0.29) is 6.54 Å². The SMILES string of the molecule is CCCNCc1nnc(N(CC)CC(N)=O)o1. The third kappa shape index (κ3) is 4.39. The predicted octanol–water partition coefficient (Wildman–Crippen LogP) is -0.119. The highest BCUT2D eigenvalue weighted by Crippen LogP contribution is 2.11. The van der Waals surface area contributed by atoms with Gasteiger partial charge in [0.05, 0.1) is 6.54 Å². The molecule has 0 saturated heterocycles. The highest BCUT2D eigenvalue weighted by atomic mass is 16.4. The van der Waals surface area contributed by atoms with Crippen LogP contribution in [0.25, 0.3) is 0 Å². The van der Waals surface area contributed by atoms with Gasteiger partial charge in [0.1, 0.15) is 6.54 Å². The summed E-state index contributed by atoms with van der Waals surface area (Å²) >= 11 is 0. The maximum absolute atomic E-state index is 10.8. The summed E-state index contributed by atoms with van der Waals surface area (Å²) in [7, 11) is 0. The fourth-order valence-corrected chi connectivity index (χ4v) is 1.32. The largest absolute Gasteiger partial charge is 0.407 e. The van der Waals surface area contributed by atoms with Crippen molar-refractivity contribution in [3.8, 4) is 0 Å². The summed E-state index contributed by atoms with van der Waals surface area (Å²) in [6.07, 6.45) is 1.05. The molecule has 0 aromatic carbocycles. The van der Waals surface area contributed by atoms with Gasteiger partial charge in [0, 0.05) is 6.54 Å². The Kier molecular flexibility index (Phi) is 5.41. The lowest BCUT2D eigenvalue weighted by atomic mass is 10.5. The first-order valence-electron chi connectivity index (χ1n) is 5.73. The van der Waals surface area contributed by atoms with Crippen LogP contribution in [0.1, 0.15) is 26.2 Å². The number of likely N-dealkylation sites (N-methyl/N-ethyl adjacent to an activating group) is 1. The quantitative estimate of drug-likeness (QED) is 0.616. The summed E-state index contributed by atoms with van der Waals surface area (Å²) in [5, 5.41) is 10.9. The molecule has 0 unspecified atom stereocenters. The van der Waals surface area contributed by atoms with E-state index < -0.39 is 5.91 Å². The smallest absolute Gasteiger partial charge is 0.318 e. The first-order valence-corrected chi connectivity index (χ1v) is 5.73. The molecule has 1 aromatic heterocycles. The average molecular weight is 241 g/mol. The summed E-state index contributed by atoms with van der Waals surface area (Å²) in [4.78, 5) is 12.5. The molecule has 1 aromatic rings. The van der Waals surface area contributed by atoms with E-state index in [9.17, 15) is 4.79 Å².